The van der Waals surface area contributed by atoms with E-state index in [1.807, 2.05) is 61.5 Å². The van der Waals surface area contributed by atoms with E-state index in [4.69, 9.17) is 29.2 Å². The summed E-state index contributed by atoms with van der Waals surface area (Å²) in [7, 11) is 3.14. The maximum absolute atomic E-state index is 10.2. The van der Waals surface area contributed by atoms with Crippen LogP contribution in [0.1, 0.15) is 46.2 Å². The van der Waals surface area contributed by atoms with Gasteiger partial charge in [0.2, 0.25) is 23.5 Å². The Morgan fingerprint density at radius 2 is 1.36 bits per heavy atom. The first-order chi connectivity index (χ1) is 22.0. The molecule has 0 spiro atoms. The lowest BCUT2D eigenvalue weighted by Crippen LogP contribution is -2.18. The number of methoxy groups -OCH3 is 2. The third kappa shape index (κ3) is 8.70. The van der Waals surface area contributed by atoms with E-state index in [2.05, 4.69) is 21.4 Å². The predicted molar refractivity (Wildman–Crippen MR) is 170 cm³/mol. The van der Waals surface area contributed by atoms with E-state index < -0.39 is 0 Å². The van der Waals surface area contributed by atoms with Crippen LogP contribution in [0.4, 0.5) is 0 Å². The second kappa shape index (κ2) is 17.0. The summed E-state index contributed by atoms with van der Waals surface area (Å²) >= 11 is 0. The van der Waals surface area contributed by atoms with Crippen LogP contribution in [0.3, 0.4) is 0 Å². The molecule has 0 atom stereocenters. The second-order valence-corrected chi connectivity index (χ2v) is 10.3. The van der Waals surface area contributed by atoms with Gasteiger partial charge in [0.15, 0.2) is 0 Å². The third-order valence-corrected chi connectivity index (χ3v) is 7.42. The van der Waals surface area contributed by atoms with Crippen LogP contribution < -0.4 is 24.3 Å². The number of aromatic nitrogens is 2. The molecule has 4 rings (SSSR count). The summed E-state index contributed by atoms with van der Waals surface area (Å²) in [5.74, 6) is 1.79. The zero-order chi connectivity index (χ0) is 32.0. The van der Waals surface area contributed by atoms with E-state index in [0.717, 1.165) is 58.2 Å². The van der Waals surface area contributed by atoms with Crippen LogP contribution in [0.2, 0.25) is 0 Å². The number of aryl methyl sites for hydroxylation is 1. The Morgan fingerprint density at radius 1 is 0.733 bits per heavy atom. The summed E-state index contributed by atoms with van der Waals surface area (Å²) in [5.41, 5.74) is 6.78. The number of aliphatic hydroxyl groups excluding tert-OH is 2. The number of hydrogen-bond acceptors (Lipinski definition) is 10. The molecule has 0 saturated heterocycles. The first-order valence-corrected chi connectivity index (χ1v) is 14.9. The molecule has 0 fully saturated rings. The predicted octanol–water partition coefficient (Wildman–Crippen LogP) is 4.90. The number of rotatable bonds is 17. The molecule has 45 heavy (non-hydrogen) atoms. The summed E-state index contributed by atoms with van der Waals surface area (Å²) in [6, 6.07) is 21.5. The van der Waals surface area contributed by atoms with Crippen LogP contribution in [0.25, 0.3) is 11.1 Å². The summed E-state index contributed by atoms with van der Waals surface area (Å²) < 4.78 is 23.0. The Morgan fingerprint density at radius 3 is 2.00 bits per heavy atom. The monoisotopic (exact) mass is 612 g/mol. The van der Waals surface area contributed by atoms with Gasteiger partial charge < -0.3 is 34.5 Å². The molecule has 0 bridgehead atoms. The smallest absolute Gasteiger partial charge is 0.220 e. The zero-order valence-electron chi connectivity index (χ0n) is 26.0. The lowest BCUT2D eigenvalue weighted by atomic mass is 9.91. The fraction of sp³-hybridized carbons (Fsp3) is 0.343. The van der Waals surface area contributed by atoms with Crippen molar-refractivity contribution in [2.75, 3.05) is 34.0 Å². The van der Waals surface area contributed by atoms with Crippen molar-refractivity contribution in [2.45, 2.75) is 45.9 Å². The van der Waals surface area contributed by atoms with Crippen LogP contribution in [0.5, 0.6) is 23.5 Å². The Labute approximate surface area is 264 Å². The molecule has 10 nitrogen and oxygen atoms in total. The van der Waals surface area contributed by atoms with Gasteiger partial charge in [-0.25, -0.2) is 0 Å². The van der Waals surface area contributed by atoms with Gasteiger partial charge in [-0.05, 0) is 55.0 Å². The highest BCUT2D eigenvalue weighted by Crippen LogP contribution is 2.32. The molecule has 0 aliphatic rings. The molecule has 2 heterocycles. The second-order valence-electron chi connectivity index (χ2n) is 10.3. The number of aliphatic hydroxyl groups is 2. The molecular formula is C35H40N4O6. The first kappa shape index (κ1) is 33.2. The van der Waals surface area contributed by atoms with Crippen molar-refractivity contribution in [3.8, 4) is 40.7 Å². The number of ether oxygens (including phenoxy) is 4. The quantitative estimate of drug-likeness (QED) is 0.141. The zero-order valence-corrected chi connectivity index (χ0v) is 26.0. The molecule has 0 saturated carbocycles. The number of unbranched alkanes of at least 4 members (excludes halogenated alkanes) is 1. The van der Waals surface area contributed by atoms with E-state index >= 15 is 0 Å². The van der Waals surface area contributed by atoms with E-state index in [9.17, 15) is 5.26 Å². The summed E-state index contributed by atoms with van der Waals surface area (Å²) in [6.07, 6.45) is 2.35. The fourth-order valence-corrected chi connectivity index (χ4v) is 4.98. The molecule has 0 aliphatic heterocycles. The normalized spacial score (nSPS) is 10.8. The van der Waals surface area contributed by atoms with E-state index in [0.29, 0.717) is 48.8 Å². The lowest BCUT2D eigenvalue weighted by Gasteiger charge is -2.16. The number of pyridine rings is 2. The van der Waals surface area contributed by atoms with Gasteiger partial charge in [-0.2, -0.15) is 15.2 Å². The highest BCUT2D eigenvalue weighted by atomic mass is 16.5. The van der Waals surface area contributed by atoms with Crippen molar-refractivity contribution < 1.29 is 29.2 Å². The van der Waals surface area contributed by atoms with E-state index in [1.54, 1.807) is 20.3 Å². The average Bonchev–Trinajstić information content (AvgIpc) is 3.07. The highest BCUT2D eigenvalue weighted by molar-refractivity contribution is 5.75. The minimum absolute atomic E-state index is 0.0457. The Hall–Kier alpha value is -4.69. The van der Waals surface area contributed by atoms with Gasteiger partial charge in [-0.3, -0.25) is 0 Å². The SMILES string of the molecule is COc1nc(OCc2cccc(-c3cccc(COc4ccc(CNCCO)c(OC)n4)c3C#N)c2C)ccc1CCCCO. The summed E-state index contributed by atoms with van der Waals surface area (Å²) in [4.78, 5) is 8.98. The van der Waals surface area contributed by atoms with Gasteiger partial charge in [0.1, 0.15) is 19.3 Å². The standard InChI is InChI=1S/C35H40N4O6/c1-24-27(22-44-32-15-13-25(8-4-5-18-40)34(38-32)42-2)9-6-11-29(24)30-12-7-10-28(31(30)20-36)23-45-33-16-14-26(21-37-17-19-41)35(39-33)43-3/h6-7,9-16,37,40-41H,4-5,8,17-19,21-23H2,1-3H3. The van der Waals surface area contributed by atoms with Crippen molar-refractivity contribution in [1.29, 1.82) is 5.26 Å². The maximum atomic E-state index is 10.2. The van der Waals surface area contributed by atoms with Crippen molar-refractivity contribution in [3.05, 3.63) is 94.0 Å². The number of nitrogens with zero attached hydrogens (tertiary/aromatic N) is 3. The van der Waals surface area contributed by atoms with Crippen LogP contribution in [-0.4, -0.2) is 54.2 Å². The third-order valence-electron chi connectivity index (χ3n) is 7.42. The molecule has 0 aliphatic carbocycles. The number of nitriles is 1. The number of benzene rings is 2. The Kier molecular flexibility index (Phi) is 12.5. The van der Waals surface area contributed by atoms with Crippen molar-refractivity contribution in [2.24, 2.45) is 0 Å². The first-order valence-electron chi connectivity index (χ1n) is 14.9. The molecule has 0 unspecified atom stereocenters. The van der Waals surface area contributed by atoms with Crippen LogP contribution in [-0.2, 0) is 26.2 Å². The average molecular weight is 613 g/mol. The number of hydrogen-bond donors (Lipinski definition) is 3. The van der Waals surface area contributed by atoms with Crippen molar-refractivity contribution in [3.63, 3.8) is 0 Å². The molecule has 2 aromatic heterocycles. The molecule has 0 amide bonds. The topological polar surface area (TPSA) is 139 Å². The van der Waals surface area contributed by atoms with Crippen molar-refractivity contribution in [1.82, 2.24) is 15.3 Å². The van der Waals surface area contributed by atoms with Gasteiger partial charge in [-0.1, -0.05) is 36.4 Å². The molecular weight excluding hydrogens is 572 g/mol. The Bertz CT molecular complexity index is 1600. The molecule has 2 aromatic carbocycles. The molecule has 3 N–H and O–H groups in total. The van der Waals surface area contributed by atoms with E-state index in [1.165, 1.54) is 0 Å². The molecule has 0 radical (unpaired) electrons. The Balaban J connectivity index is 1.49. The van der Waals surface area contributed by atoms with Gasteiger partial charge >= 0.3 is 0 Å². The van der Waals surface area contributed by atoms with Crippen molar-refractivity contribution >= 4 is 0 Å². The maximum Gasteiger partial charge on any atom is 0.220 e. The van der Waals surface area contributed by atoms with E-state index in [-0.39, 0.29) is 19.8 Å². The van der Waals surface area contributed by atoms with Gasteiger partial charge in [-0.15, -0.1) is 0 Å². The summed E-state index contributed by atoms with van der Waals surface area (Å²) in [6.45, 7) is 3.65. The lowest BCUT2D eigenvalue weighted by molar-refractivity contribution is 0.281. The minimum Gasteiger partial charge on any atom is -0.481 e. The molecule has 4 aromatic rings. The largest absolute Gasteiger partial charge is 0.481 e. The number of nitrogens with one attached hydrogen (secondary N) is 1. The van der Waals surface area contributed by atoms with Crippen LogP contribution >= 0.6 is 0 Å². The highest BCUT2D eigenvalue weighted by Gasteiger charge is 2.16. The van der Waals surface area contributed by atoms with Gasteiger partial charge in [0.25, 0.3) is 0 Å². The fourth-order valence-electron chi connectivity index (χ4n) is 4.98. The van der Waals surface area contributed by atoms with Crippen LogP contribution in [0, 0.1) is 18.3 Å². The molecule has 236 valence electrons. The van der Waals surface area contributed by atoms with Crippen LogP contribution in [0.15, 0.2) is 60.7 Å². The minimum atomic E-state index is 0.0457. The van der Waals surface area contributed by atoms with Gasteiger partial charge in [0.05, 0.1) is 26.4 Å². The van der Waals surface area contributed by atoms with Gasteiger partial charge in [0, 0.05) is 54.1 Å². The molecule has 10 heteroatoms. The summed E-state index contributed by atoms with van der Waals surface area (Å²) in [5, 5.41) is 31.4.